The van der Waals surface area contributed by atoms with E-state index in [1.54, 1.807) is 11.3 Å². The maximum Gasteiger partial charge on any atom is 0.263 e. The minimum atomic E-state index is -0.0381. The molecule has 2 saturated heterocycles. The third-order valence-electron chi connectivity index (χ3n) is 5.57. The van der Waals surface area contributed by atoms with Crippen molar-refractivity contribution in [2.75, 3.05) is 26.3 Å². The molecule has 1 aromatic rings. The fraction of sp³-hybridized carbons (Fsp3) is 0.737. The van der Waals surface area contributed by atoms with Crippen LogP contribution in [0, 0.1) is 5.92 Å². The van der Waals surface area contributed by atoms with E-state index >= 15 is 0 Å². The summed E-state index contributed by atoms with van der Waals surface area (Å²) >= 11 is 1.75. The molecule has 1 amide bonds. The highest BCUT2D eigenvalue weighted by molar-refractivity contribution is 7.14. The minimum Gasteiger partial charge on any atom is -0.350 e. The number of nitrogens with zero attached hydrogens (tertiary/aromatic N) is 1. The number of hydrogen-bond acceptors (Lipinski definition) is 4. The first-order chi connectivity index (χ1) is 11.8. The molecule has 3 aliphatic rings. The summed E-state index contributed by atoms with van der Waals surface area (Å²) in [5, 5.41) is 0. The maximum atomic E-state index is 12.9. The highest BCUT2D eigenvalue weighted by atomic mass is 32.1. The smallest absolute Gasteiger partial charge is 0.263 e. The van der Waals surface area contributed by atoms with Crippen molar-refractivity contribution >= 4 is 17.2 Å². The van der Waals surface area contributed by atoms with E-state index in [-0.39, 0.29) is 12.2 Å². The van der Waals surface area contributed by atoms with E-state index in [2.05, 4.69) is 6.07 Å². The summed E-state index contributed by atoms with van der Waals surface area (Å²) in [5.74, 6) is 0.679. The van der Waals surface area contributed by atoms with Crippen LogP contribution < -0.4 is 0 Å². The molecule has 0 unspecified atom stereocenters. The van der Waals surface area contributed by atoms with Crippen LogP contribution in [0.5, 0.6) is 0 Å². The second kappa shape index (κ2) is 7.54. The standard InChI is InChI=1S/C19H27NO3S/c21-18(17-13-15-5-3-1-2-4-6-16(15)24-17)20-9-7-14(8-10-20)19-22-11-12-23-19/h13-14,19H,1-12H2. The number of aryl methyl sites for hydroxylation is 2. The predicted octanol–water partition coefficient (Wildman–Crippen LogP) is 3.63. The number of amides is 1. The lowest BCUT2D eigenvalue weighted by molar-refractivity contribution is -0.0955. The summed E-state index contributed by atoms with van der Waals surface area (Å²) in [5.41, 5.74) is 1.44. The number of hydrogen-bond donors (Lipinski definition) is 0. The van der Waals surface area contributed by atoms with Gasteiger partial charge in [-0.15, -0.1) is 11.3 Å². The largest absolute Gasteiger partial charge is 0.350 e. The molecular formula is C19H27NO3S. The molecule has 24 heavy (non-hydrogen) atoms. The molecule has 0 atom stereocenters. The van der Waals surface area contributed by atoms with Crippen molar-refractivity contribution in [3.63, 3.8) is 0 Å². The number of thiophene rings is 1. The molecule has 4 nitrogen and oxygen atoms in total. The Bertz CT molecular complexity index is 546. The Balaban J connectivity index is 1.38. The van der Waals surface area contributed by atoms with E-state index in [1.807, 2.05) is 4.90 Å². The van der Waals surface area contributed by atoms with Crippen molar-refractivity contribution in [1.29, 1.82) is 0 Å². The first kappa shape index (κ1) is 16.6. The van der Waals surface area contributed by atoms with Crippen LogP contribution in [0.15, 0.2) is 6.07 Å². The molecule has 2 aliphatic heterocycles. The summed E-state index contributed by atoms with van der Waals surface area (Å²) in [7, 11) is 0. The Hall–Kier alpha value is -0.910. The summed E-state index contributed by atoms with van der Waals surface area (Å²) in [6, 6.07) is 2.18. The van der Waals surface area contributed by atoms with E-state index in [0.717, 1.165) is 43.6 Å². The highest BCUT2D eigenvalue weighted by Crippen LogP contribution is 2.31. The van der Waals surface area contributed by atoms with Gasteiger partial charge in [0.15, 0.2) is 6.29 Å². The zero-order chi connectivity index (χ0) is 16.4. The minimum absolute atomic E-state index is 0.0381. The van der Waals surface area contributed by atoms with E-state index in [1.165, 1.54) is 36.1 Å². The molecule has 2 fully saturated rings. The third-order valence-corrected chi connectivity index (χ3v) is 6.79. The molecule has 5 heteroatoms. The zero-order valence-electron chi connectivity index (χ0n) is 14.3. The Morgan fingerprint density at radius 1 is 1.04 bits per heavy atom. The van der Waals surface area contributed by atoms with Gasteiger partial charge >= 0.3 is 0 Å². The van der Waals surface area contributed by atoms with Crippen molar-refractivity contribution in [2.24, 2.45) is 5.92 Å². The van der Waals surface area contributed by atoms with Crippen LogP contribution in [0.2, 0.25) is 0 Å². The number of piperidine rings is 1. The second-order valence-electron chi connectivity index (χ2n) is 7.21. The van der Waals surface area contributed by atoms with Gasteiger partial charge in [-0.3, -0.25) is 4.79 Å². The SMILES string of the molecule is O=C(c1cc2c(s1)CCCCCC2)N1CCC(C2OCCO2)CC1. The van der Waals surface area contributed by atoms with Crippen molar-refractivity contribution in [1.82, 2.24) is 4.90 Å². The van der Waals surface area contributed by atoms with Gasteiger partial charge in [-0.1, -0.05) is 12.8 Å². The van der Waals surface area contributed by atoms with Crippen molar-refractivity contribution in [3.05, 3.63) is 21.4 Å². The number of likely N-dealkylation sites (tertiary alicyclic amines) is 1. The monoisotopic (exact) mass is 349 g/mol. The van der Waals surface area contributed by atoms with Crippen LogP contribution in [-0.4, -0.2) is 43.4 Å². The first-order valence-electron chi connectivity index (χ1n) is 9.45. The number of carbonyl (C=O) groups is 1. The summed E-state index contributed by atoms with van der Waals surface area (Å²) < 4.78 is 11.3. The molecule has 0 radical (unpaired) electrons. The molecule has 1 aliphatic carbocycles. The van der Waals surface area contributed by atoms with Gasteiger partial charge in [0.1, 0.15) is 0 Å². The molecule has 4 rings (SSSR count). The summed E-state index contributed by atoms with van der Waals surface area (Å²) in [6.45, 7) is 3.08. The van der Waals surface area contributed by atoms with Crippen LogP contribution >= 0.6 is 11.3 Å². The maximum absolute atomic E-state index is 12.9. The molecular weight excluding hydrogens is 322 g/mol. The van der Waals surface area contributed by atoms with Crippen LogP contribution in [-0.2, 0) is 22.3 Å². The molecule has 1 aromatic heterocycles. The van der Waals surface area contributed by atoms with Crippen molar-refractivity contribution in [3.8, 4) is 0 Å². The number of carbonyl (C=O) groups excluding carboxylic acids is 1. The molecule has 0 N–H and O–H groups in total. The topological polar surface area (TPSA) is 38.8 Å². The van der Waals surface area contributed by atoms with Gasteiger partial charge in [0.25, 0.3) is 5.91 Å². The lowest BCUT2D eigenvalue weighted by Crippen LogP contribution is -2.41. The Labute approximate surface area is 148 Å². The zero-order valence-corrected chi connectivity index (χ0v) is 15.1. The Morgan fingerprint density at radius 3 is 2.50 bits per heavy atom. The molecule has 0 saturated carbocycles. The first-order valence-corrected chi connectivity index (χ1v) is 10.3. The number of rotatable bonds is 2. The van der Waals surface area contributed by atoms with Crippen LogP contribution in [0.25, 0.3) is 0 Å². The Kier molecular flexibility index (Phi) is 5.20. The van der Waals surface area contributed by atoms with Crippen LogP contribution in [0.1, 0.15) is 58.6 Å². The van der Waals surface area contributed by atoms with Crippen molar-refractivity contribution < 1.29 is 14.3 Å². The quantitative estimate of drug-likeness (QED) is 0.818. The predicted molar refractivity (Wildman–Crippen MR) is 94.5 cm³/mol. The summed E-state index contributed by atoms with van der Waals surface area (Å²) in [4.78, 5) is 17.3. The number of ether oxygens (including phenoxy) is 2. The molecule has 3 heterocycles. The average molecular weight is 349 g/mol. The van der Waals surface area contributed by atoms with Crippen molar-refractivity contribution in [2.45, 2.75) is 57.7 Å². The van der Waals surface area contributed by atoms with E-state index in [9.17, 15) is 4.79 Å². The molecule has 132 valence electrons. The van der Waals surface area contributed by atoms with Gasteiger partial charge in [-0.05, 0) is 50.2 Å². The summed E-state index contributed by atoms with van der Waals surface area (Å²) in [6.07, 6.45) is 9.45. The van der Waals surface area contributed by atoms with E-state index in [4.69, 9.17) is 9.47 Å². The second-order valence-corrected chi connectivity index (χ2v) is 8.35. The Morgan fingerprint density at radius 2 is 1.75 bits per heavy atom. The van der Waals surface area contributed by atoms with Crippen LogP contribution in [0.3, 0.4) is 0 Å². The van der Waals surface area contributed by atoms with Crippen LogP contribution in [0.4, 0.5) is 0 Å². The molecule has 0 spiro atoms. The van der Waals surface area contributed by atoms with E-state index in [0.29, 0.717) is 19.1 Å². The highest BCUT2D eigenvalue weighted by Gasteiger charge is 2.32. The van der Waals surface area contributed by atoms with Gasteiger partial charge < -0.3 is 14.4 Å². The van der Waals surface area contributed by atoms with Gasteiger partial charge in [0.2, 0.25) is 0 Å². The fourth-order valence-corrected chi connectivity index (χ4v) is 5.35. The number of fused-ring (bicyclic) bond motifs is 1. The normalized spacial score (nSPS) is 23.8. The van der Waals surface area contributed by atoms with Gasteiger partial charge in [0.05, 0.1) is 18.1 Å². The van der Waals surface area contributed by atoms with Gasteiger partial charge in [-0.2, -0.15) is 0 Å². The fourth-order valence-electron chi connectivity index (χ4n) is 4.13. The molecule has 0 bridgehead atoms. The van der Waals surface area contributed by atoms with Gasteiger partial charge in [-0.25, -0.2) is 0 Å². The van der Waals surface area contributed by atoms with Gasteiger partial charge in [0, 0.05) is 23.9 Å². The lowest BCUT2D eigenvalue weighted by Gasteiger charge is -2.33. The van der Waals surface area contributed by atoms with E-state index < -0.39 is 0 Å². The third kappa shape index (κ3) is 3.53. The molecule has 0 aromatic carbocycles. The lowest BCUT2D eigenvalue weighted by atomic mass is 9.96. The average Bonchev–Trinajstić information content (AvgIpc) is 3.25.